The molecule has 0 aromatic heterocycles. The summed E-state index contributed by atoms with van der Waals surface area (Å²) in [6.45, 7) is 1.78. The van der Waals surface area contributed by atoms with Crippen LogP contribution in [0.2, 0.25) is 0 Å². The van der Waals surface area contributed by atoms with E-state index in [4.69, 9.17) is 5.73 Å². The van der Waals surface area contributed by atoms with Gasteiger partial charge in [-0.15, -0.1) is 0 Å². The van der Waals surface area contributed by atoms with Crippen LogP contribution in [0.25, 0.3) is 0 Å². The second kappa shape index (κ2) is 5.33. The lowest BCUT2D eigenvalue weighted by molar-refractivity contribution is -0.137. The minimum atomic E-state index is -0.979. The highest BCUT2D eigenvalue weighted by Gasteiger charge is 2.19. The number of hydrogen-bond acceptors (Lipinski definition) is 3. The number of rotatable bonds is 4. The second-order valence-electron chi connectivity index (χ2n) is 3.46. The third-order valence-electron chi connectivity index (χ3n) is 2.29. The molecule has 0 saturated carbocycles. The van der Waals surface area contributed by atoms with E-state index in [0.29, 0.717) is 25.9 Å². The Morgan fingerprint density at radius 3 is 2.73 bits per heavy atom. The molecule has 0 aliphatic carbocycles. The van der Waals surface area contributed by atoms with Crippen molar-refractivity contribution < 1.29 is 14.4 Å². The number of nitrogens with one attached hydrogen (secondary N) is 1. The molecule has 3 N–H and O–H groups in total. The molecule has 6 nitrogen and oxygen atoms in total. The minimum Gasteiger partial charge on any atom is -0.361 e. The molecule has 1 rings (SSSR count). The fourth-order valence-corrected chi connectivity index (χ4v) is 1.50. The van der Waals surface area contributed by atoms with Gasteiger partial charge in [-0.25, -0.2) is 0 Å². The molecule has 0 aromatic carbocycles. The van der Waals surface area contributed by atoms with E-state index in [2.05, 4.69) is 5.32 Å². The van der Waals surface area contributed by atoms with Crippen molar-refractivity contribution in [3.05, 3.63) is 0 Å². The van der Waals surface area contributed by atoms with Crippen molar-refractivity contribution in [1.29, 1.82) is 0 Å². The minimum absolute atomic E-state index is 0.163. The van der Waals surface area contributed by atoms with Gasteiger partial charge in [0.05, 0.1) is 0 Å². The Morgan fingerprint density at radius 1 is 1.47 bits per heavy atom. The highest BCUT2D eigenvalue weighted by Crippen LogP contribution is 2.09. The van der Waals surface area contributed by atoms with Gasteiger partial charge in [0, 0.05) is 26.1 Å². The molecule has 0 spiro atoms. The molecule has 1 heterocycles. The normalized spacial score (nSPS) is 15.5. The molecule has 0 atom stereocenters. The van der Waals surface area contributed by atoms with Gasteiger partial charge in [-0.2, -0.15) is 0 Å². The number of amides is 3. The summed E-state index contributed by atoms with van der Waals surface area (Å²) < 4.78 is 0. The lowest BCUT2D eigenvalue weighted by Crippen LogP contribution is -2.37. The first-order valence-corrected chi connectivity index (χ1v) is 4.96. The van der Waals surface area contributed by atoms with Crippen LogP contribution in [0.4, 0.5) is 0 Å². The van der Waals surface area contributed by atoms with Crippen molar-refractivity contribution in [1.82, 2.24) is 10.2 Å². The third-order valence-corrected chi connectivity index (χ3v) is 2.29. The Labute approximate surface area is 87.8 Å². The van der Waals surface area contributed by atoms with Crippen LogP contribution >= 0.6 is 0 Å². The molecule has 6 heteroatoms. The first kappa shape index (κ1) is 11.5. The van der Waals surface area contributed by atoms with E-state index < -0.39 is 11.8 Å². The van der Waals surface area contributed by atoms with Crippen LogP contribution in [-0.2, 0) is 14.4 Å². The molecule has 0 aromatic rings. The standard InChI is InChI=1S/C9H15N3O3/c10-8(14)9(15)11-4-2-6-12-5-1-3-7(12)13/h1-6H2,(H2,10,14)(H,11,15). The van der Waals surface area contributed by atoms with Crippen LogP contribution in [-0.4, -0.2) is 42.3 Å². The first-order chi connectivity index (χ1) is 7.11. The van der Waals surface area contributed by atoms with Crippen molar-refractivity contribution >= 4 is 17.7 Å². The van der Waals surface area contributed by atoms with Gasteiger partial charge in [0.25, 0.3) is 0 Å². The van der Waals surface area contributed by atoms with Crippen LogP contribution in [0.3, 0.4) is 0 Å². The third kappa shape index (κ3) is 3.57. The zero-order chi connectivity index (χ0) is 11.3. The molecule has 1 fully saturated rings. The van der Waals surface area contributed by atoms with Crippen molar-refractivity contribution in [2.24, 2.45) is 5.73 Å². The van der Waals surface area contributed by atoms with E-state index in [1.54, 1.807) is 4.90 Å². The largest absolute Gasteiger partial charge is 0.361 e. The van der Waals surface area contributed by atoms with Crippen molar-refractivity contribution in [3.8, 4) is 0 Å². The van der Waals surface area contributed by atoms with Gasteiger partial charge in [0.1, 0.15) is 0 Å². The molecular weight excluding hydrogens is 198 g/mol. The predicted molar refractivity (Wildman–Crippen MR) is 52.6 cm³/mol. The summed E-state index contributed by atoms with van der Waals surface area (Å²) in [5, 5.41) is 2.37. The topological polar surface area (TPSA) is 92.5 Å². The summed E-state index contributed by atoms with van der Waals surface area (Å²) >= 11 is 0. The summed E-state index contributed by atoms with van der Waals surface area (Å²) in [6, 6.07) is 0. The quantitative estimate of drug-likeness (QED) is 0.444. The highest BCUT2D eigenvalue weighted by molar-refractivity contribution is 6.34. The van der Waals surface area contributed by atoms with Crippen LogP contribution in [0.1, 0.15) is 19.3 Å². The molecule has 0 bridgehead atoms. The zero-order valence-corrected chi connectivity index (χ0v) is 8.49. The van der Waals surface area contributed by atoms with Gasteiger partial charge in [-0.1, -0.05) is 0 Å². The van der Waals surface area contributed by atoms with Crippen LogP contribution in [0.5, 0.6) is 0 Å². The maximum absolute atomic E-state index is 11.2. The van der Waals surface area contributed by atoms with Gasteiger partial charge in [-0.3, -0.25) is 14.4 Å². The first-order valence-electron chi connectivity index (χ1n) is 4.96. The number of carbonyl (C=O) groups is 3. The van der Waals surface area contributed by atoms with Crippen LogP contribution < -0.4 is 11.1 Å². The summed E-state index contributed by atoms with van der Waals surface area (Å²) in [7, 11) is 0. The molecule has 1 aliphatic heterocycles. The zero-order valence-electron chi connectivity index (χ0n) is 8.49. The van der Waals surface area contributed by atoms with Crippen LogP contribution in [0.15, 0.2) is 0 Å². The number of hydrogen-bond donors (Lipinski definition) is 2. The Hall–Kier alpha value is -1.59. The molecule has 3 amide bonds. The second-order valence-corrected chi connectivity index (χ2v) is 3.46. The van der Waals surface area contributed by atoms with Gasteiger partial charge in [0.2, 0.25) is 5.91 Å². The van der Waals surface area contributed by atoms with E-state index in [1.165, 1.54) is 0 Å². The molecule has 0 radical (unpaired) electrons. The fraction of sp³-hybridized carbons (Fsp3) is 0.667. The smallest absolute Gasteiger partial charge is 0.309 e. The van der Waals surface area contributed by atoms with Crippen LogP contribution in [0, 0.1) is 0 Å². The van der Waals surface area contributed by atoms with Crippen molar-refractivity contribution in [2.75, 3.05) is 19.6 Å². The van der Waals surface area contributed by atoms with Crippen molar-refractivity contribution in [3.63, 3.8) is 0 Å². The van der Waals surface area contributed by atoms with E-state index in [-0.39, 0.29) is 5.91 Å². The lowest BCUT2D eigenvalue weighted by Gasteiger charge is -2.14. The Morgan fingerprint density at radius 2 is 2.20 bits per heavy atom. The summed E-state index contributed by atoms with van der Waals surface area (Å²) in [4.78, 5) is 34.0. The Balaban J connectivity index is 2.09. The van der Waals surface area contributed by atoms with E-state index >= 15 is 0 Å². The lowest BCUT2D eigenvalue weighted by atomic mass is 10.4. The van der Waals surface area contributed by atoms with E-state index in [1.807, 2.05) is 0 Å². The molecule has 0 unspecified atom stereocenters. The molecule has 1 aliphatic rings. The molecular formula is C9H15N3O3. The average molecular weight is 213 g/mol. The SMILES string of the molecule is NC(=O)C(=O)NCCCN1CCCC1=O. The van der Waals surface area contributed by atoms with E-state index in [0.717, 1.165) is 13.0 Å². The Bertz CT molecular complexity index is 278. The maximum Gasteiger partial charge on any atom is 0.309 e. The Kier molecular flexibility index (Phi) is 4.08. The predicted octanol–water partition coefficient (Wildman–Crippen LogP) is -1.40. The molecule has 15 heavy (non-hydrogen) atoms. The van der Waals surface area contributed by atoms with Gasteiger partial charge < -0.3 is 16.0 Å². The summed E-state index contributed by atoms with van der Waals surface area (Å²) in [6.07, 6.45) is 2.17. The highest BCUT2D eigenvalue weighted by atomic mass is 16.2. The number of nitrogens with zero attached hydrogens (tertiary/aromatic N) is 1. The number of nitrogens with two attached hydrogens (primary N) is 1. The molecule has 84 valence electrons. The average Bonchev–Trinajstić information content (AvgIpc) is 2.58. The number of carbonyl (C=O) groups excluding carboxylic acids is 3. The fourth-order valence-electron chi connectivity index (χ4n) is 1.50. The van der Waals surface area contributed by atoms with Gasteiger partial charge in [-0.05, 0) is 12.8 Å². The monoisotopic (exact) mass is 213 g/mol. The summed E-state index contributed by atoms with van der Waals surface area (Å²) in [5.41, 5.74) is 4.75. The van der Waals surface area contributed by atoms with Gasteiger partial charge in [0.15, 0.2) is 0 Å². The number of likely N-dealkylation sites (tertiary alicyclic amines) is 1. The van der Waals surface area contributed by atoms with E-state index in [9.17, 15) is 14.4 Å². The maximum atomic E-state index is 11.2. The van der Waals surface area contributed by atoms with Crippen molar-refractivity contribution in [2.45, 2.75) is 19.3 Å². The van der Waals surface area contributed by atoms with Gasteiger partial charge >= 0.3 is 11.8 Å². The molecule has 1 saturated heterocycles. The number of primary amides is 1. The summed E-state index contributed by atoms with van der Waals surface area (Å²) in [5.74, 6) is -1.59.